The van der Waals surface area contributed by atoms with Crippen LogP contribution in [0.5, 0.6) is 0 Å². The Morgan fingerprint density at radius 3 is 2.48 bits per heavy atom. The highest BCUT2D eigenvalue weighted by atomic mass is 35.5. The summed E-state index contributed by atoms with van der Waals surface area (Å²) in [5.41, 5.74) is 0.689. The van der Waals surface area contributed by atoms with Crippen LogP contribution >= 0.6 is 11.6 Å². The van der Waals surface area contributed by atoms with Crippen LogP contribution in [0.1, 0.15) is 37.0 Å². The van der Waals surface area contributed by atoms with Gasteiger partial charge < -0.3 is 15.3 Å². The molecule has 5 nitrogen and oxygen atoms in total. The summed E-state index contributed by atoms with van der Waals surface area (Å²) in [5, 5.41) is 11.9. The number of nitrogens with one attached hydrogen (secondary N) is 1. The first-order valence-electron chi connectivity index (χ1n) is 6.87. The van der Waals surface area contributed by atoms with Gasteiger partial charge in [0.2, 0.25) is 0 Å². The third kappa shape index (κ3) is 3.88. The number of hydrogen-bond donors (Lipinski definition) is 2. The van der Waals surface area contributed by atoms with Gasteiger partial charge in [0.25, 0.3) is 0 Å². The minimum absolute atomic E-state index is 0.0192. The molecule has 1 aliphatic heterocycles. The molecule has 0 saturated carbocycles. The number of anilines is 1. The van der Waals surface area contributed by atoms with Crippen molar-refractivity contribution in [1.82, 2.24) is 4.90 Å². The molecule has 0 aliphatic carbocycles. The van der Waals surface area contributed by atoms with Gasteiger partial charge in [-0.1, -0.05) is 25.4 Å². The van der Waals surface area contributed by atoms with Crippen LogP contribution in [0.15, 0.2) is 18.2 Å². The van der Waals surface area contributed by atoms with E-state index in [-0.39, 0.29) is 22.0 Å². The molecule has 2 amide bonds. The van der Waals surface area contributed by atoms with Crippen LogP contribution in [-0.2, 0) is 0 Å². The number of aromatic carboxylic acids is 1. The van der Waals surface area contributed by atoms with Gasteiger partial charge in [0, 0.05) is 18.8 Å². The van der Waals surface area contributed by atoms with E-state index < -0.39 is 5.97 Å². The Labute approximate surface area is 128 Å². The van der Waals surface area contributed by atoms with Crippen LogP contribution in [0.25, 0.3) is 0 Å². The normalized spacial score (nSPS) is 17.4. The molecule has 1 aromatic rings. The predicted octanol–water partition coefficient (Wildman–Crippen LogP) is 3.69. The summed E-state index contributed by atoms with van der Waals surface area (Å²) in [5.74, 6) is -1.11. The fourth-order valence-electron chi connectivity index (χ4n) is 2.28. The molecule has 1 saturated heterocycles. The third-order valence-electron chi connectivity index (χ3n) is 3.85. The average Bonchev–Trinajstić information content (AvgIpc) is 2.40. The van der Waals surface area contributed by atoms with E-state index >= 15 is 0 Å². The van der Waals surface area contributed by atoms with Gasteiger partial charge in [-0.25, -0.2) is 9.59 Å². The Bertz CT molecular complexity index is 562. The summed E-state index contributed by atoms with van der Waals surface area (Å²) in [4.78, 5) is 25.0. The molecule has 0 bridgehead atoms. The van der Waals surface area contributed by atoms with Crippen LogP contribution in [0.3, 0.4) is 0 Å². The number of nitrogens with zero attached hydrogens (tertiary/aromatic N) is 1. The van der Waals surface area contributed by atoms with Crippen molar-refractivity contribution in [2.75, 3.05) is 18.4 Å². The standard InChI is InChI=1S/C15H19ClN2O3/c1-15(2)5-7-18(8-6-15)14(21)17-10-3-4-12(16)11(9-10)13(19)20/h3-4,9H,5-8H2,1-2H3,(H,17,21)(H,19,20). The molecule has 1 fully saturated rings. The predicted molar refractivity (Wildman–Crippen MR) is 82.0 cm³/mol. The van der Waals surface area contributed by atoms with Crippen LogP contribution in [0, 0.1) is 5.41 Å². The number of benzene rings is 1. The quantitative estimate of drug-likeness (QED) is 0.875. The number of halogens is 1. The Morgan fingerprint density at radius 1 is 1.29 bits per heavy atom. The van der Waals surface area contributed by atoms with Crippen molar-refractivity contribution in [3.05, 3.63) is 28.8 Å². The molecule has 0 atom stereocenters. The van der Waals surface area contributed by atoms with Crippen molar-refractivity contribution in [2.45, 2.75) is 26.7 Å². The van der Waals surface area contributed by atoms with Gasteiger partial charge in [0.05, 0.1) is 10.6 Å². The van der Waals surface area contributed by atoms with Crippen molar-refractivity contribution in [1.29, 1.82) is 0 Å². The topological polar surface area (TPSA) is 69.6 Å². The van der Waals surface area contributed by atoms with Crippen LogP contribution < -0.4 is 5.32 Å². The zero-order valence-electron chi connectivity index (χ0n) is 12.1. The molecular formula is C15H19ClN2O3. The van der Waals surface area contributed by atoms with E-state index in [0.29, 0.717) is 18.8 Å². The van der Waals surface area contributed by atoms with E-state index in [9.17, 15) is 9.59 Å². The largest absolute Gasteiger partial charge is 0.478 e. The Balaban J connectivity index is 2.03. The summed E-state index contributed by atoms with van der Waals surface area (Å²) in [6, 6.07) is 4.24. The maximum Gasteiger partial charge on any atom is 0.337 e. The molecule has 2 rings (SSSR count). The second-order valence-electron chi connectivity index (χ2n) is 6.08. The molecule has 114 valence electrons. The number of carbonyl (C=O) groups is 2. The van der Waals surface area contributed by atoms with E-state index in [1.165, 1.54) is 12.1 Å². The lowest BCUT2D eigenvalue weighted by Gasteiger charge is -2.36. The lowest BCUT2D eigenvalue weighted by atomic mass is 9.83. The zero-order valence-corrected chi connectivity index (χ0v) is 12.9. The molecule has 21 heavy (non-hydrogen) atoms. The van der Waals surface area contributed by atoms with E-state index in [4.69, 9.17) is 16.7 Å². The van der Waals surface area contributed by atoms with Gasteiger partial charge in [0.1, 0.15) is 0 Å². The number of urea groups is 1. The van der Waals surface area contributed by atoms with E-state index in [2.05, 4.69) is 19.2 Å². The summed E-state index contributed by atoms with van der Waals surface area (Å²) < 4.78 is 0. The minimum Gasteiger partial charge on any atom is -0.478 e. The highest BCUT2D eigenvalue weighted by Crippen LogP contribution is 2.30. The van der Waals surface area contributed by atoms with Gasteiger partial charge in [0.15, 0.2) is 0 Å². The number of carboxylic acids is 1. The van der Waals surface area contributed by atoms with Crippen molar-refractivity contribution < 1.29 is 14.7 Å². The lowest BCUT2D eigenvalue weighted by molar-refractivity contribution is 0.0697. The molecule has 0 radical (unpaired) electrons. The second-order valence-corrected chi connectivity index (χ2v) is 6.49. The number of carbonyl (C=O) groups excluding carboxylic acids is 1. The smallest absolute Gasteiger partial charge is 0.337 e. The van der Waals surface area contributed by atoms with Crippen LogP contribution in [0.4, 0.5) is 10.5 Å². The fraction of sp³-hybridized carbons (Fsp3) is 0.467. The average molecular weight is 311 g/mol. The van der Waals surface area contributed by atoms with Gasteiger partial charge >= 0.3 is 12.0 Å². The zero-order chi connectivity index (χ0) is 15.6. The first kappa shape index (κ1) is 15.6. The molecular weight excluding hydrogens is 292 g/mol. The van der Waals surface area contributed by atoms with Crippen molar-refractivity contribution in [2.24, 2.45) is 5.41 Å². The SMILES string of the molecule is CC1(C)CCN(C(=O)Nc2ccc(Cl)c(C(=O)O)c2)CC1. The van der Waals surface area contributed by atoms with Gasteiger partial charge in [-0.15, -0.1) is 0 Å². The summed E-state index contributed by atoms with van der Waals surface area (Å²) in [6.07, 6.45) is 1.92. The van der Waals surface area contributed by atoms with Crippen LogP contribution in [-0.4, -0.2) is 35.1 Å². The number of piperidine rings is 1. The Hall–Kier alpha value is -1.75. The minimum atomic E-state index is -1.11. The molecule has 2 N–H and O–H groups in total. The Morgan fingerprint density at radius 2 is 1.90 bits per heavy atom. The molecule has 1 aliphatic rings. The summed E-state index contributed by atoms with van der Waals surface area (Å²) in [7, 11) is 0. The highest BCUT2D eigenvalue weighted by molar-refractivity contribution is 6.33. The molecule has 0 aromatic heterocycles. The number of amides is 2. The molecule has 1 aromatic carbocycles. The third-order valence-corrected chi connectivity index (χ3v) is 4.18. The van der Waals surface area contributed by atoms with Gasteiger partial charge in [-0.05, 0) is 36.5 Å². The lowest BCUT2D eigenvalue weighted by Crippen LogP contribution is -2.43. The number of rotatable bonds is 2. The first-order valence-corrected chi connectivity index (χ1v) is 7.25. The summed E-state index contributed by atoms with van der Waals surface area (Å²) >= 11 is 5.80. The first-order chi connectivity index (χ1) is 9.78. The van der Waals surface area contributed by atoms with Crippen molar-refractivity contribution >= 4 is 29.3 Å². The van der Waals surface area contributed by atoms with Crippen LogP contribution in [0.2, 0.25) is 5.02 Å². The molecule has 6 heteroatoms. The number of likely N-dealkylation sites (tertiary alicyclic amines) is 1. The monoisotopic (exact) mass is 310 g/mol. The molecule has 1 heterocycles. The van der Waals surface area contributed by atoms with Crippen molar-refractivity contribution in [3.63, 3.8) is 0 Å². The van der Waals surface area contributed by atoms with Crippen molar-refractivity contribution in [3.8, 4) is 0 Å². The van der Waals surface area contributed by atoms with E-state index in [1.54, 1.807) is 11.0 Å². The Kier molecular flexibility index (Phi) is 4.42. The number of hydrogen-bond acceptors (Lipinski definition) is 2. The molecule has 0 unspecified atom stereocenters. The van der Waals surface area contributed by atoms with Gasteiger partial charge in [-0.2, -0.15) is 0 Å². The van der Waals surface area contributed by atoms with E-state index in [1.807, 2.05) is 0 Å². The summed E-state index contributed by atoms with van der Waals surface area (Å²) in [6.45, 7) is 5.80. The van der Waals surface area contributed by atoms with Gasteiger partial charge in [-0.3, -0.25) is 0 Å². The maximum absolute atomic E-state index is 12.2. The fourth-order valence-corrected chi connectivity index (χ4v) is 2.48. The number of carboxylic acid groups (broad SMARTS) is 1. The molecule has 0 spiro atoms. The van der Waals surface area contributed by atoms with E-state index in [0.717, 1.165) is 12.8 Å². The maximum atomic E-state index is 12.2. The second kappa shape index (κ2) is 5.93. The highest BCUT2D eigenvalue weighted by Gasteiger charge is 2.27.